The van der Waals surface area contributed by atoms with Gasteiger partial charge < -0.3 is 16.0 Å². The van der Waals surface area contributed by atoms with E-state index in [2.05, 4.69) is 22.9 Å². The minimum Gasteiger partial charge on any atom is -0.355 e. The molecule has 1 saturated heterocycles. The van der Waals surface area contributed by atoms with E-state index in [0.29, 0.717) is 24.3 Å². The molecule has 0 radical (unpaired) electrons. The summed E-state index contributed by atoms with van der Waals surface area (Å²) in [4.78, 5) is 12.0. The third-order valence-electron chi connectivity index (χ3n) is 5.38. The number of hydrogen-bond donors (Lipinski definition) is 3. The molecule has 2 rings (SSSR count). The number of hydrogen-bond acceptors (Lipinski definition) is 3. The fraction of sp³-hybridized carbons (Fsp3) is 0.944. The molecule has 1 aliphatic carbocycles. The van der Waals surface area contributed by atoms with E-state index in [9.17, 15) is 4.79 Å². The zero-order chi connectivity index (χ0) is 15.6. The number of rotatable bonds is 7. The smallest absolute Gasteiger partial charge is 0.220 e. The minimum absolute atomic E-state index is 0.223. The van der Waals surface area contributed by atoms with Crippen LogP contribution in [0.1, 0.15) is 64.7 Å². The van der Waals surface area contributed by atoms with Crippen LogP contribution in [0.3, 0.4) is 0 Å². The van der Waals surface area contributed by atoms with Gasteiger partial charge in [0, 0.05) is 25.6 Å². The second-order valence-corrected chi connectivity index (χ2v) is 7.28. The predicted octanol–water partition coefficient (Wildman–Crippen LogP) is 2.44. The summed E-state index contributed by atoms with van der Waals surface area (Å²) in [6.45, 7) is 6.13. The van der Waals surface area contributed by atoms with Crippen LogP contribution in [-0.4, -0.2) is 38.1 Å². The van der Waals surface area contributed by atoms with Crippen molar-refractivity contribution in [3.05, 3.63) is 0 Å². The van der Waals surface area contributed by atoms with Crippen molar-refractivity contribution in [3.8, 4) is 0 Å². The van der Waals surface area contributed by atoms with Crippen molar-refractivity contribution in [2.75, 3.05) is 26.2 Å². The first-order chi connectivity index (χ1) is 10.8. The highest BCUT2D eigenvalue weighted by Crippen LogP contribution is 2.22. The lowest BCUT2D eigenvalue weighted by Gasteiger charge is -2.28. The summed E-state index contributed by atoms with van der Waals surface area (Å²) in [5, 5.41) is 10.1. The molecule has 0 aromatic carbocycles. The lowest BCUT2D eigenvalue weighted by Crippen LogP contribution is -2.38. The zero-order valence-electron chi connectivity index (χ0n) is 14.3. The molecule has 0 bridgehead atoms. The molecular formula is C18H35N3O. The zero-order valence-corrected chi connectivity index (χ0v) is 14.3. The Hall–Kier alpha value is -0.610. The average molecular weight is 309 g/mol. The van der Waals surface area contributed by atoms with Crippen LogP contribution in [0, 0.1) is 11.8 Å². The quantitative estimate of drug-likeness (QED) is 0.500. The maximum absolute atomic E-state index is 12.0. The Balaban J connectivity index is 1.53. The van der Waals surface area contributed by atoms with Crippen LogP contribution >= 0.6 is 0 Å². The Kier molecular flexibility index (Phi) is 8.24. The molecule has 22 heavy (non-hydrogen) atoms. The molecule has 4 heteroatoms. The molecule has 128 valence electrons. The van der Waals surface area contributed by atoms with Gasteiger partial charge >= 0.3 is 0 Å². The Morgan fingerprint density at radius 2 is 1.86 bits per heavy atom. The van der Waals surface area contributed by atoms with Gasteiger partial charge in [-0.25, -0.2) is 0 Å². The topological polar surface area (TPSA) is 53.2 Å². The molecule has 0 aromatic rings. The van der Waals surface area contributed by atoms with E-state index in [4.69, 9.17) is 0 Å². The van der Waals surface area contributed by atoms with E-state index in [1.54, 1.807) is 0 Å². The Labute approximate surface area is 136 Å². The van der Waals surface area contributed by atoms with Crippen molar-refractivity contribution in [3.63, 3.8) is 0 Å². The van der Waals surface area contributed by atoms with Crippen molar-refractivity contribution in [1.29, 1.82) is 0 Å². The van der Waals surface area contributed by atoms with Crippen LogP contribution in [0.15, 0.2) is 0 Å². The first-order valence-electron chi connectivity index (χ1n) is 9.46. The SMILES string of the molecule is CC(CC(=O)NCCNC1CCCCCC1)C1CCCNC1. The van der Waals surface area contributed by atoms with Gasteiger partial charge in [0.2, 0.25) is 5.91 Å². The molecule has 2 atom stereocenters. The van der Waals surface area contributed by atoms with Crippen LogP contribution in [0.4, 0.5) is 0 Å². The number of amides is 1. The molecule has 4 nitrogen and oxygen atoms in total. The maximum atomic E-state index is 12.0. The molecular weight excluding hydrogens is 274 g/mol. The largest absolute Gasteiger partial charge is 0.355 e. The van der Waals surface area contributed by atoms with Crippen LogP contribution in [-0.2, 0) is 4.79 Å². The number of piperidine rings is 1. The van der Waals surface area contributed by atoms with Gasteiger partial charge in [-0.15, -0.1) is 0 Å². The van der Waals surface area contributed by atoms with E-state index in [-0.39, 0.29) is 5.91 Å². The van der Waals surface area contributed by atoms with E-state index < -0.39 is 0 Å². The molecule has 1 aliphatic heterocycles. The Morgan fingerprint density at radius 3 is 2.55 bits per heavy atom. The Bertz CT molecular complexity index is 307. The fourth-order valence-corrected chi connectivity index (χ4v) is 3.86. The highest BCUT2D eigenvalue weighted by atomic mass is 16.1. The van der Waals surface area contributed by atoms with Gasteiger partial charge in [-0.1, -0.05) is 32.6 Å². The molecule has 3 N–H and O–H groups in total. The summed E-state index contributed by atoms with van der Waals surface area (Å²) in [5.41, 5.74) is 0. The highest BCUT2D eigenvalue weighted by Gasteiger charge is 2.21. The van der Waals surface area contributed by atoms with Crippen molar-refractivity contribution in [1.82, 2.24) is 16.0 Å². The normalized spacial score (nSPS) is 25.4. The fourth-order valence-electron chi connectivity index (χ4n) is 3.86. The van der Waals surface area contributed by atoms with Gasteiger partial charge in [-0.3, -0.25) is 4.79 Å². The molecule has 1 saturated carbocycles. The molecule has 2 unspecified atom stereocenters. The summed E-state index contributed by atoms with van der Waals surface area (Å²) >= 11 is 0. The monoisotopic (exact) mass is 309 g/mol. The molecule has 0 aromatic heterocycles. The van der Waals surface area contributed by atoms with Crippen LogP contribution < -0.4 is 16.0 Å². The van der Waals surface area contributed by atoms with E-state index in [1.807, 2.05) is 0 Å². The van der Waals surface area contributed by atoms with Crippen LogP contribution in [0.25, 0.3) is 0 Å². The molecule has 1 amide bonds. The van der Waals surface area contributed by atoms with Crippen molar-refractivity contribution in [2.45, 2.75) is 70.8 Å². The number of nitrogens with one attached hydrogen (secondary N) is 3. The number of carbonyl (C=O) groups excluding carboxylic acids is 1. The number of carbonyl (C=O) groups is 1. The summed E-state index contributed by atoms with van der Waals surface area (Å²) in [6.07, 6.45) is 11.3. The summed E-state index contributed by atoms with van der Waals surface area (Å²) < 4.78 is 0. The second-order valence-electron chi connectivity index (χ2n) is 7.28. The third-order valence-corrected chi connectivity index (χ3v) is 5.38. The first kappa shape index (κ1) is 17.7. The minimum atomic E-state index is 0.223. The summed E-state index contributed by atoms with van der Waals surface area (Å²) in [6, 6.07) is 0.673. The Morgan fingerprint density at radius 1 is 1.09 bits per heavy atom. The van der Waals surface area contributed by atoms with Gasteiger partial charge in [0.05, 0.1) is 0 Å². The van der Waals surface area contributed by atoms with Gasteiger partial charge in [-0.05, 0) is 50.6 Å². The van der Waals surface area contributed by atoms with E-state index >= 15 is 0 Å². The van der Waals surface area contributed by atoms with Crippen molar-refractivity contribution in [2.24, 2.45) is 11.8 Å². The highest BCUT2D eigenvalue weighted by molar-refractivity contribution is 5.76. The second kappa shape index (κ2) is 10.2. The maximum Gasteiger partial charge on any atom is 0.220 e. The van der Waals surface area contributed by atoms with Crippen LogP contribution in [0.5, 0.6) is 0 Å². The molecule has 0 spiro atoms. The first-order valence-corrected chi connectivity index (χ1v) is 9.46. The van der Waals surface area contributed by atoms with Gasteiger partial charge in [0.1, 0.15) is 0 Å². The molecule has 1 heterocycles. The third kappa shape index (κ3) is 6.66. The van der Waals surface area contributed by atoms with E-state index in [1.165, 1.54) is 51.4 Å². The van der Waals surface area contributed by atoms with Crippen molar-refractivity contribution < 1.29 is 4.79 Å². The lowest BCUT2D eigenvalue weighted by atomic mass is 9.85. The summed E-state index contributed by atoms with van der Waals surface area (Å²) in [7, 11) is 0. The molecule has 2 fully saturated rings. The summed E-state index contributed by atoms with van der Waals surface area (Å²) in [5.74, 6) is 1.38. The van der Waals surface area contributed by atoms with Crippen molar-refractivity contribution >= 4 is 5.91 Å². The predicted molar refractivity (Wildman–Crippen MR) is 91.9 cm³/mol. The average Bonchev–Trinajstić information content (AvgIpc) is 2.81. The van der Waals surface area contributed by atoms with Gasteiger partial charge in [0.25, 0.3) is 0 Å². The van der Waals surface area contributed by atoms with Crippen LogP contribution in [0.2, 0.25) is 0 Å². The van der Waals surface area contributed by atoms with E-state index in [0.717, 1.165) is 26.2 Å². The molecule has 2 aliphatic rings. The lowest BCUT2D eigenvalue weighted by molar-refractivity contribution is -0.122. The standard InChI is InChI=1S/C18H35N3O/c1-15(16-7-6-10-19-14-16)13-18(22)21-12-11-20-17-8-4-2-3-5-9-17/h15-17,19-20H,2-14H2,1H3,(H,21,22). The van der Waals surface area contributed by atoms with Gasteiger partial charge in [-0.2, -0.15) is 0 Å². The van der Waals surface area contributed by atoms with Gasteiger partial charge in [0.15, 0.2) is 0 Å².